The zero-order valence-electron chi connectivity index (χ0n) is 12.1. The molecule has 8 heteroatoms. The number of nitrogens with zero attached hydrogens (tertiary/aromatic N) is 2. The topological polar surface area (TPSA) is 99.2 Å². The summed E-state index contributed by atoms with van der Waals surface area (Å²) in [7, 11) is -3.49. The molecule has 0 spiro atoms. The van der Waals surface area contributed by atoms with Gasteiger partial charge in [0.15, 0.2) is 0 Å². The van der Waals surface area contributed by atoms with Gasteiger partial charge in [0.05, 0.1) is 12.7 Å². The number of rotatable bonds is 10. The summed E-state index contributed by atoms with van der Waals surface area (Å²) in [6.45, 7) is 6.65. The molecule has 1 aromatic rings. The second-order valence-electron chi connectivity index (χ2n) is 4.95. The smallest absolute Gasteiger partial charge is 0.243 e. The van der Waals surface area contributed by atoms with Gasteiger partial charge < -0.3 is 10.5 Å². The van der Waals surface area contributed by atoms with Crippen molar-refractivity contribution in [3.05, 3.63) is 12.4 Å². The van der Waals surface area contributed by atoms with Crippen LogP contribution in [0.1, 0.15) is 20.3 Å². The number of nitrogens with one attached hydrogen (secondary N) is 1. The summed E-state index contributed by atoms with van der Waals surface area (Å²) in [6.07, 6.45) is 3.45. The standard InChI is InChI=1S/C12H24N4O3S/c1-11(2)10-19-7-3-5-15-20(17,18)12-8-14-16(9-12)6-4-13/h8-9,11,15H,3-7,10,13H2,1-2H3. The summed E-state index contributed by atoms with van der Waals surface area (Å²) >= 11 is 0. The van der Waals surface area contributed by atoms with Crippen molar-refractivity contribution in [1.82, 2.24) is 14.5 Å². The summed E-state index contributed by atoms with van der Waals surface area (Å²) in [6, 6.07) is 0. The van der Waals surface area contributed by atoms with Crippen LogP contribution >= 0.6 is 0 Å². The van der Waals surface area contributed by atoms with Crippen molar-refractivity contribution >= 4 is 10.0 Å². The van der Waals surface area contributed by atoms with Crippen molar-refractivity contribution < 1.29 is 13.2 Å². The maximum Gasteiger partial charge on any atom is 0.243 e. The van der Waals surface area contributed by atoms with Gasteiger partial charge in [-0.2, -0.15) is 5.10 Å². The predicted molar refractivity (Wildman–Crippen MR) is 76.7 cm³/mol. The Morgan fingerprint density at radius 3 is 2.90 bits per heavy atom. The first-order chi connectivity index (χ1) is 9.45. The molecule has 1 rings (SSSR count). The van der Waals surface area contributed by atoms with Crippen LogP contribution in [0.5, 0.6) is 0 Å². The highest BCUT2D eigenvalue weighted by molar-refractivity contribution is 7.89. The lowest BCUT2D eigenvalue weighted by molar-refractivity contribution is 0.108. The molecule has 0 saturated heterocycles. The van der Waals surface area contributed by atoms with Crippen molar-refractivity contribution in [2.45, 2.75) is 31.7 Å². The van der Waals surface area contributed by atoms with Crippen molar-refractivity contribution in [2.24, 2.45) is 11.7 Å². The van der Waals surface area contributed by atoms with Crippen LogP contribution in [0.15, 0.2) is 17.3 Å². The number of hydrogen-bond acceptors (Lipinski definition) is 5. The van der Waals surface area contributed by atoms with Crippen LogP contribution in [0.3, 0.4) is 0 Å². The molecule has 1 heterocycles. The van der Waals surface area contributed by atoms with E-state index in [0.717, 1.165) is 0 Å². The highest BCUT2D eigenvalue weighted by Crippen LogP contribution is 2.06. The average molecular weight is 304 g/mol. The Bertz CT molecular complexity index is 485. The van der Waals surface area contributed by atoms with Gasteiger partial charge in [0, 0.05) is 32.5 Å². The lowest BCUT2D eigenvalue weighted by Crippen LogP contribution is -2.25. The first-order valence-corrected chi connectivity index (χ1v) is 8.24. The van der Waals surface area contributed by atoms with Crippen LogP contribution in [0.25, 0.3) is 0 Å². The van der Waals surface area contributed by atoms with Gasteiger partial charge in [-0.3, -0.25) is 4.68 Å². The molecule has 0 bridgehead atoms. The molecule has 0 amide bonds. The Hall–Kier alpha value is -0.960. The molecule has 116 valence electrons. The Morgan fingerprint density at radius 2 is 2.25 bits per heavy atom. The van der Waals surface area contributed by atoms with E-state index in [4.69, 9.17) is 10.5 Å². The number of hydrogen-bond donors (Lipinski definition) is 2. The summed E-state index contributed by atoms with van der Waals surface area (Å²) in [5.41, 5.74) is 5.39. The average Bonchev–Trinajstić information content (AvgIpc) is 2.83. The summed E-state index contributed by atoms with van der Waals surface area (Å²) < 4.78 is 33.3. The number of aromatic nitrogens is 2. The molecule has 0 aliphatic heterocycles. The van der Waals surface area contributed by atoms with E-state index >= 15 is 0 Å². The normalized spacial score (nSPS) is 12.2. The molecule has 0 fully saturated rings. The molecular formula is C12H24N4O3S. The second-order valence-corrected chi connectivity index (χ2v) is 6.71. The zero-order valence-corrected chi connectivity index (χ0v) is 12.9. The zero-order chi connectivity index (χ0) is 15.0. The highest BCUT2D eigenvalue weighted by atomic mass is 32.2. The summed E-state index contributed by atoms with van der Waals surface area (Å²) in [5, 5.41) is 3.94. The quantitative estimate of drug-likeness (QED) is 0.601. The molecule has 3 N–H and O–H groups in total. The SMILES string of the molecule is CC(C)COCCCNS(=O)(=O)c1cnn(CCN)c1. The van der Waals surface area contributed by atoms with Gasteiger partial charge in [0.25, 0.3) is 0 Å². The molecule has 1 aromatic heterocycles. The van der Waals surface area contributed by atoms with Crippen LogP contribution in [0.2, 0.25) is 0 Å². The van der Waals surface area contributed by atoms with Gasteiger partial charge >= 0.3 is 0 Å². The fourth-order valence-electron chi connectivity index (χ4n) is 1.52. The van der Waals surface area contributed by atoms with E-state index in [1.807, 2.05) is 0 Å². The van der Waals surface area contributed by atoms with Gasteiger partial charge in [-0.15, -0.1) is 0 Å². The Balaban J connectivity index is 2.33. The minimum atomic E-state index is -3.49. The van der Waals surface area contributed by atoms with E-state index in [9.17, 15) is 8.42 Å². The van der Waals surface area contributed by atoms with Crippen molar-refractivity contribution in [2.75, 3.05) is 26.3 Å². The molecule has 0 aliphatic rings. The van der Waals surface area contributed by atoms with Crippen LogP contribution in [0.4, 0.5) is 0 Å². The summed E-state index contributed by atoms with van der Waals surface area (Å²) in [4.78, 5) is 0.161. The third-order valence-electron chi connectivity index (χ3n) is 2.49. The van der Waals surface area contributed by atoms with Crippen molar-refractivity contribution in [1.29, 1.82) is 0 Å². The molecule has 0 unspecified atom stereocenters. The number of ether oxygens (including phenoxy) is 1. The number of sulfonamides is 1. The molecule has 0 radical (unpaired) electrons. The molecule has 20 heavy (non-hydrogen) atoms. The van der Waals surface area contributed by atoms with E-state index < -0.39 is 10.0 Å². The minimum absolute atomic E-state index is 0.161. The van der Waals surface area contributed by atoms with Crippen LogP contribution in [-0.4, -0.2) is 44.5 Å². The third-order valence-corrected chi connectivity index (χ3v) is 3.90. The minimum Gasteiger partial charge on any atom is -0.381 e. The molecule has 7 nitrogen and oxygen atoms in total. The Morgan fingerprint density at radius 1 is 1.50 bits per heavy atom. The maximum atomic E-state index is 12.0. The molecule has 0 aromatic carbocycles. The van der Waals surface area contributed by atoms with Gasteiger partial charge in [-0.05, 0) is 12.3 Å². The first kappa shape index (κ1) is 17.1. The third kappa shape index (κ3) is 6.00. The molecule has 0 atom stereocenters. The fraction of sp³-hybridized carbons (Fsp3) is 0.750. The van der Waals surface area contributed by atoms with Crippen molar-refractivity contribution in [3.8, 4) is 0 Å². The maximum absolute atomic E-state index is 12.0. The highest BCUT2D eigenvalue weighted by Gasteiger charge is 2.15. The van der Waals surface area contributed by atoms with Crippen LogP contribution in [-0.2, 0) is 21.3 Å². The van der Waals surface area contributed by atoms with E-state index in [1.54, 1.807) is 0 Å². The first-order valence-electron chi connectivity index (χ1n) is 6.75. The Labute approximate surface area is 120 Å². The van der Waals surface area contributed by atoms with Gasteiger partial charge in [0.2, 0.25) is 10.0 Å². The van der Waals surface area contributed by atoms with E-state index in [-0.39, 0.29) is 4.90 Å². The lowest BCUT2D eigenvalue weighted by atomic mass is 10.2. The molecule has 0 saturated carbocycles. The number of nitrogens with two attached hydrogens (primary N) is 1. The second kappa shape index (κ2) is 8.35. The van der Waals surface area contributed by atoms with Crippen LogP contribution in [0, 0.1) is 5.92 Å². The predicted octanol–water partition coefficient (Wildman–Crippen LogP) is 0.183. The monoisotopic (exact) mass is 304 g/mol. The Kier molecular flexibility index (Phi) is 7.14. The van der Waals surface area contributed by atoms with E-state index in [2.05, 4.69) is 23.7 Å². The van der Waals surface area contributed by atoms with Gasteiger partial charge in [-0.1, -0.05) is 13.8 Å². The van der Waals surface area contributed by atoms with Crippen molar-refractivity contribution in [3.63, 3.8) is 0 Å². The van der Waals surface area contributed by atoms with Gasteiger partial charge in [0.1, 0.15) is 4.90 Å². The largest absolute Gasteiger partial charge is 0.381 e. The molecule has 0 aliphatic carbocycles. The van der Waals surface area contributed by atoms with E-state index in [1.165, 1.54) is 17.1 Å². The van der Waals surface area contributed by atoms with E-state index in [0.29, 0.717) is 45.2 Å². The fourth-order valence-corrected chi connectivity index (χ4v) is 2.55. The summed E-state index contributed by atoms with van der Waals surface area (Å²) in [5.74, 6) is 0.486. The van der Waals surface area contributed by atoms with Crippen LogP contribution < -0.4 is 10.5 Å². The van der Waals surface area contributed by atoms with Gasteiger partial charge in [-0.25, -0.2) is 13.1 Å². The molecular weight excluding hydrogens is 280 g/mol. The lowest BCUT2D eigenvalue weighted by Gasteiger charge is -2.07.